The number of rotatable bonds is 9. The Hall–Kier alpha value is -2.77. The van der Waals surface area contributed by atoms with Crippen molar-refractivity contribution in [3.8, 4) is 0 Å². The summed E-state index contributed by atoms with van der Waals surface area (Å²) in [5, 5.41) is 11.6. The molecule has 13 heteroatoms. The lowest BCUT2D eigenvalue weighted by Gasteiger charge is -2.45. The Balaban J connectivity index is 3.35. The van der Waals surface area contributed by atoms with E-state index in [1.54, 1.807) is 0 Å². The quantitative estimate of drug-likeness (QED) is 0.272. The van der Waals surface area contributed by atoms with E-state index in [1.165, 1.54) is 13.8 Å². The van der Waals surface area contributed by atoms with Gasteiger partial charge in [0.05, 0.1) is 6.10 Å². The topological polar surface area (TPSA) is 190 Å². The predicted molar refractivity (Wildman–Crippen MR) is 100 cm³/mol. The lowest BCUT2D eigenvalue weighted by Crippen LogP contribution is -2.67. The van der Waals surface area contributed by atoms with Gasteiger partial charge in [0.15, 0.2) is 18.5 Å². The van der Waals surface area contributed by atoms with E-state index in [0.717, 1.165) is 20.8 Å². The monoisotopic (exact) mass is 448 g/mol. The van der Waals surface area contributed by atoms with E-state index >= 15 is 0 Å². The lowest BCUT2D eigenvalue weighted by molar-refractivity contribution is -0.287. The molecule has 1 heterocycles. The maximum absolute atomic E-state index is 11.8. The summed E-state index contributed by atoms with van der Waals surface area (Å²) >= 11 is 0. The Morgan fingerprint density at radius 3 is 2.00 bits per heavy atom. The first-order valence-corrected chi connectivity index (χ1v) is 9.37. The summed E-state index contributed by atoms with van der Waals surface area (Å²) in [4.78, 5) is 57.6. The van der Waals surface area contributed by atoms with E-state index in [9.17, 15) is 24.0 Å². The molecule has 0 aromatic heterocycles. The minimum absolute atomic E-state index is 0.406. The van der Waals surface area contributed by atoms with Crippen LogP contribution in [0.2, 0.25) is 0 Å². The molecule has 0 bridgehead atoms. The number of hydrogen-bond acceptors (Lipinski definition) is 11. The van der Waals surface area contributed by atoms with E-state index in [4.69, 9.17) is 34.5 Å². The van der Waals surface area contributed by atoms with Gasteiger partial charge in [-0.1, -0.05) is 0 Å². The van der Waals surface area contributed by atoms with Crippen molar-refractivity contribution in [3.63, 3.8) is 0 Å². The van der Waals surface area contributed by atoms with Crippen LogP contribution >= 0.6 is 0 Å². The van der Waals surface area contributed by atoms with Crippen molar-refractivity contribution in [2.45, 2.75) is 77.4 Å². The van der Waals surface area contributed by atoms with Gasteiger partial charge in [0.2, 0.25) is 5.91 Å². The van der Waals surface area contributed by atoms with Gasteiger partial charge in [-0.05, 0) is 6.92 Å². The third kappa shape index (κ3) is 8.11. The van der Waals surface area contributed by atoms with Crippen LogP contribution < -0.4 is 11.1 Å². The van der Waals surface area contributed by atoms with Gasteiger partial charge in [0.1, 0.15) is 24.8 Å². The van der Waals surface area contributed by atoms with Gasteiger partial charge < -0.3 is 39.8 Å². The van der Waals surface area contributed by atoms with E-state index < -0.39 is 79.2 Å². The van der Waals surface area contributed by atoms with Crippen LogP contribution in [0, 0.1) is 0 Å². The summed E-state index contributed by atoms with van der Waals surface area (Å²) in [6.45, 7) is 5.50. The van der Waals surface area contributed by atoms with Crippen molar-refractivity contribution in [2.75, 3.05) is 6.61 Å². The number of nitrogens with one attached hydrogen (secondary N) is 1. The Morgan fingerprint density at radius 2 is 1.55 bits per heavy atom. The van der Waals surface area contributed by atoms with E-state index in [2.05, 4.69) is 5.32 Å². The van der Waals surface area contributed by atoms with Gasteiger partial charge in [-0.15, -0.1) is 0 Å². The Morgan fingerprint density at radius 1 is 1.00 bits per heavy atom. The zero-order valence-corrected chi connectivity index (χ0v) is 17.9. The van der Waals surface area contributed by atoms with Crippen molar-refractivity contribution in [1.29, 1.82) is 0 Å². The number of esters is 3. The molecule has 0 radical (unpaired) electrons. The summed E-state index contributed by atoms with van der Waals surface area (Å²) < 4.78 is 26.8. The molecule has 1 saturated heterocycles. The summed E-state index contributed by atoms with van der Waals surface area (Å²) in [6.07, 6.45) is -6.24. The number of carbonyl (C=O) groups excluding carboxylic acids is 4. The molecule has 0 aliphatic carbocycles. The Labute approximate surface area is 178 Å². The first-order chi connectivity index (χ1) is 14.3. The number of hydrogen-bond donors (Lipinski definition) is 3. The van der Waals surface area contributed by atoms with Gasteiger partial charge in [-0.25, -0.2) is 0 Å². The van der Waals surface area contributed by atoms with Crippen molar-refractivity contribution in [1.82, 2.24) is 5.32 Å². The van der Waals surface area contributed by atoms with Gasteiger partial charge in [0, 0.05) is 27.7 Å². The van der Waals surface area contributed by atoms with E-state index in [1.807, 2.05) is 0 Å². The predicted octanol–water partition coefficient (Wildman–Crippen LogP) is -1.54. The second-order valence-electron chi connectivity index (χ2n) is 6.93. The molecule has 0 spiro atoms. The number of nitrogens with two attached hydrogens (primary N) is 1. The van der Waals surface area contributed by atoms with E-state index in [-0.39, 0.29) is 0 Å². The Kier molecular flexibility index (Phi) is 9.81. The van der Waals surface area contributed by atoms with Crippen LogP contribution in [-0.2, 0) is 47.7 Å². The molecule has 1 fully saturated rings. The SMILES string of the molecule is CC(=O)N[C@H]1[C@@H](O[C@H](C)[C@H](N)C(=O)O)O[C@H](COC(C)=O)[C@H](OC(C)=O)[C@@H]1OC(C)=O. The van der Waals surface area contributed by atoms with Gasteiger partial charge in [0.25, 0.3) is 0 Å². The highest BCUT2D eigenvalue weighted by Crippen LogP contribution is 2.28. The minimum atomic E-state index is -1.44. The average molecular weight is 448 g/mol. The van der Waals surface area contributed by atoms with Crippen molar-refractivity contribution in [3.05, 3.63) is 0 Å². The first-order valence-electron chi connectivity index (χ1n) is 9.37. The first kappa shape index (κ1) is 26.3. The maximum Gasteiger partial charge on any atom is 0.323 e. The van der Waals surface area contributed by atoms with Gasteiger partial charge in [-0.2, -0.15) is 0 Å². The fraction of sp³-hybridized carbons (Fsp3) is 0.722. The summed E-state index contributed by atoms with van der Waals surface area (Å²) in [5.41, 5.74) is 5.57. The Bertz CT molecular complexity index is 698. The number of carboxylic acid groups (broad SMARTS) is 1. The van der Waals surface area contributed by atoms with Crippen LogP contribution in [0.5, 0.6) is 0 Å². The largest absolute Gasteiger partial charge is 0.480 e. The molecule has 176 valence electrons. The van der Waals surface area contributed by atoms with Crippen molar-refractivity contribution < 1.29 is 52.8 Å². The van der Waals surface area contributed by atoms with Crippen LogP contribution in [0.1, 0.15) is 34.6 Å². The third-order valence-electron chi connectivity index (χ3n) is 4.21. The minimum Gasteiger partial charge on any atom is -0.480 e. The van der Waals surface area contributed by atoms with Crippen LogP contribution in [0.3, 0.4) is 0 Å². The number of aliphatic carboxylic acids is 1. The highest BCUT2D eigenvalue weighted by Gasteiger charge is 2.52. The maximum atomic E-state index is 11.8. The molecule has 1 aliphatic rings. The molecule has 0 saturated carbocycles. The zero-order valence-electron chi connectivity index (χ0n) is 17.9. The van der Waals surface area contributed by atoms with Crippen molar-refractivity contribution >= 4 is 29.8 Å². The van der Waals surface area contributed by atoms with Gasteiger partial charge >= 0.3 is 23.9 Å². The number of carbonyl (C=O) groups is 5. The number of ether oxygens (including phenoxy) is 5. The van der Waals surface area contributed by atoms with Crippen LogP contribution in [0.25, 0.3) is 0 Å². The normalized spacial score (nSPS) is 27.4. The molecule has 1 rings (SSSR count). The molecule has 0 aromatic rings. The highest BCUT2D eigenvalue weighted by atomic mass is 16.7. The fourth-order valence-corrected chi connectivity index (χ4v) is 2.90. The zero-order chi connectivity index (χ0) is 23.9. The van der Waals surface area contributed by atoms with Gasteiger partial charge in [-0.3, -0.25) is 24.0 Å². The standard InChI is InChI=1S/C18H28N2O11/c1-7(13(19)17(25)26)28-18-14(20-8(2)21)16(30-11(5)24)15(29-10(4)23)12(31-18)6-27-9(3)22/h7,12-16,18H,6,19H2,1-5H3,(H,20,21)(H,25,26)/t7-,12-,13+,14-,15+,16-,18+/m1/s1. The molecule has 1 aliphatic heterocycles. The fourth-order valence-electron chi connectivity index (χ4n) is 2.90. The number of amides is 1. The molecule has 1 amide bonds. The summed E-state index contributed by atoms with van der Waals surface area (Å²) in [5.74, 6) is -4.07. The van der Waals surface area contributed by atoms with Crippen molar-refractivity contribution in [2.24, 2.45) is 5.73 Å². The highest BCUT2D eigenvalue weighted by molar-refractivity contribution is 5.74. The third-order valence-corrected chi connectivity index (χ3v) is 4.21. The van der Waals surface area contributed by atoms with Crippen LogP contribution in [-0.4, -0.2) is 84.3 Å². The molecule has 0 unspecified atom stereocenters. The summed E-state index contributed by atoms with van der Waals surface area (Å²) in [7, 11) is 0. The summed E-state index contributed by atoms with van der Waals surface area (Å²) in [6, 6.07) is -2.64. The molecule has 4 N–H and O–H groups in total. The molecular weight excluding hydrogens is 420 g/mol. The second kappa shape index (κ2) is 11.6. The molecule has 31 heavy (non-hydrogen) atoms. The molecule has 0 aromatic carbocycles. The molecule has 13 nitrogen and oxygen atoms in total. The molecular formula is C18H28N2O11. The smallest absolute Gasteiger partial charge is 0.323 e. The van der Waals surface area contributed by atoms with E-state index in [0.29, 0.717) is 0 Å². The average Bonchev–Trinajstić information content (AvgIpc) is 2.62. The lowest BCUT2D eigenvalue weighted by atomic mass is 9.96. The molecule has 7 atom stereocenters. The number of carboxylic acids is 1. The second-order valence-corrected chi connectivity index (χ2v) is 6.93. The van der Waals surface area contributed by atoms with Crippen LogP contribution in [0.4, 0.5) is 0 Å². The van der Waals surface area contributed by atoms with Crippen LogP contribution in [0.15, 0.2) is 0 Å².